The summed E-state index contributed by atoms with van der Waals surface area (Å²) in [6.45, 7) is 2.02. The van der Waals surface area contributed by atoms with E-state index in [1.165, 1.54) is 4.90 Å². The maximum absolute atomic E-state index is 12.2. The van der Waals surface area contributed by atoms with Gasteiger partial charge in [-0.15, -0.1) is 0 Å². The van der Waals surface area contributed by atoms with E-state index in [9.17, 15) is 9.59 Å². The Labute approximate surface area is 123 Å². The molecule has 0 saturated carbocycles. The van der Waals surface area contributed by atoms with E-state index in [0.29, 0.717) is 12.0 Å². The van der Waals surface area contributed by atoms with Gasteiger partial charge >= 0.3 is 0 Å². The highest BCUT2D eigenvalue weighted by atomic mass is 16.2. The summed E-state index contributed by atoms with van der Waals surface area (Å²) < 4.78 is 0. The third-order valence-electron chi connectivity index (χ3n) is 3.84. The van der Waals surface area contributed by atoms with Crippen molar-refractivity contribution in [2.45, 2.75) is 31.7 Å². The molecule has 1 aromatic carbocycles. The summed E-state index contributed by atoms with van der Waals surface area (Å²) in [5.74, 6) is -0.385. The monoisotopic (exact) mass is 288 g/mol. The van der Waals surface area contributed by atoms with Crippen LogP contribution in [0, 0.1) is 0 Å². The molecule has 6 heteroatoms. The Kier molecular flexibility index (Phi) is 3.97. The molecule has 1 heterocycles. The normalized spacial score (nSPS) is 22.1. The van der Waals surface area contributed by atoms with Crippen LogP contribution in [0.3, 0.4) is 0 Å². The summed E-state index contributed by atoms with van der Waals surface area (Å²) in [6.07, 6.45) is 1.75. The molecule has 4 N–H and O–H groups in total. The van der Waals surface area contributed by atoms with Gasteiger partial charge in [0.05, 0.1) is 12.0 Å². The second kappa shape index (κ2) is 5.55. The smallest absolute Gasteiger partial charge is 0.248 e. The van der Waals surface area contributed by atoms with Gasteiger partial charge < -0.3 is 11.5 Å². The van der Waals surface area contributed by atoms with E-state index in [4.69, 9.17) is 11.5 Å². The second-order valence-corrected chi connectivity index (χ2v) is 5.33. The highest BCUT2D eigenvalue weighted by Crippen LogP contribution is 2.37. The molecule has 0 saturated heterocycles. The summed E-state index contributed by atoms with van der Waals surface area (Å²) in [6, 6.07) is 6.96. The van der Waals surface area contributed by atoms with Crippen LogP contribution in [0.25, 0.3) is 0 Å². The van der Waals surface area contributed by atoms with Gasteiger partial charge in [0.2, 0.25) is 11.8 Å². The molecule has 112 valence electrons. The van der Waals surface area contributed by atoms with Crippen molar-refractivity contribution in [3.63, 3.8) is 0 Å². The largest absolute Gasteiger partial charge is 0.369 e. The number of hydrogen-bond donors (Lipinski definition) is 2. The number of nitrogens with two attached hydrogens (primary N) is 2. The molecule has 1 aliphatic rings. The van der Waals surface area contributed by atoms with E-state index >= 15 is 0 Å². The van der Waals surface area contributed by atoms with Crippen molar-refractivity contribution in [3.8, 4) is 0 Å². The lowest BCUT2D eigenvalue weighted by molar-refractivity contribution is -0.128. The van der Waals surface area contributed by atoms with Crippen molar-refractivity contribution in [1.82, 2.24) is 4.90 Å². The van der Waals surface area contributed by atoms with Crippen molar-refractivity contribution < 1.29 is 9.59 Å². The topological polar surface area (TPSA) is 102 Å². The zero-order chi connectivity index (χ0) is 15.6. The first-order valence-corrected chi connectivity index (χ1v) is 6.92. The van der Waals surface area contributed by atoms with Gasteiger partial charge in [0.1, 0.15) is 0 Å². The Bertz CT molecular complexity index is 611. The molecule has 6 nitrogen and oxygen atoms in total. The molecular formula is C15H20N4O2. The fourth-order valence-electron chi connectivity index (χ4n) is 2.66. The molecule has 0 bridgehead atoms. The quantitative estimate of drug-likeness (QED) is 0.862. The maximum Gasteiger partial charge on any atom is 0.248 e. The molecule has 0 aromatic heterocycles. The summed E-state index contributed by atoms with van der Waals surface area (Å²) in [7, 11) is 1.61. The van der Waals surface area contributed by atoms with E-state index < -0.39 is 11.4 Å². The third kappa shape index (κ3) is 2.74. The van der Waals surface area contributed by atoms with Gasteiger partial charge in [-0.25, -0.2) is 4.99 Å². The van der Waals surface area contributed by atoms with Crippen LogP contribution in [-0.2, 0) is 10.3 Å². The number of amides is 2. The Morgan fingerprint density at radius 3 is 2.76 bits per heavy atom. The van der Waals surface area contributed by atoms with E-state index in [2.05, 4.69) is 4.99 Å². The molecule has 0 fully saturated rings. The fraction of sp³-hybridized carbons (Fsp3) is 0.400. The number of primary amides is 1. The fourth-order valence-corrected chi connectivity index (χ4v) is 2.66. The highest BCUT2D eigenvalue weighted by Gasteiger charge is 2.39. The van der Waals surface area contributed by atoms with Crippen LogP contribution in [0.5, 0.6) is 0 Å². The summed E-state index contributed by atoms with van der Waals surface area (Å²) in [4.78, 5) is 29.4. The van der Waals surface area contributed by atoms with E-state index in [1.807, 2.05) is 13.0 Å². The molecule has 1 aliphatic heterocycles. The lowest BCUT2D eigenvalue weighted by Gasteiger charge is -2.36. The van der Waals surface area contributed by atoms with Gasteiger partial charge in [-0.2, -0.15) is 0 Å². The minimum absolute atomic E-state index is 0.0829. The zero-order valence-corrected chi connectivity index (χ0v) is 12.3. The standard InChI is InChI=1S/C15H20N4O2/c1-3-7-15(9-12(20)19(2)14(17)18-15)11-6-4-5-10(8-11)13(16)21/h4-6,8H,3,7,9H2,1-2H3,(H2,16,21)(H2,17,18)/t15-/m0/s1. The molecule has 0 unspecified atom stereocenters. The first-order chi connectivity index (χ1) is 9.89. The third-order valence-corrected chi connectivity index (χ3v) is 3.84. The molecule has 0 spiro atoms. The number of nitrogens with zero attached hydrogens (tertiary/aromatic N) is 2. The number of carbonyl (C=O) groups excluding carboxylic acids is 2. The molecule has 2 rings (SSSR count). The van der Waals surface area contributed by atoms with Crippen molar-refractivity contribution in [2.75, 3.05) is 7.05 Å². The molecule has 21 heavy (non-hydrogen) atoms. The summed E-state index contributed by atoms with van der Waals surface area (Å²) in [5.41, 5.74) is 11.7. The maximum atomic E-state index is 12.2. The van der Waals surface area contributed by atoms with Crippen molar-refractivity contribution in [3.05, 3.63) is 35.4 Å². The van der Waals surface area contributed by atoms with Gasteiger partial charge in [-0.3, -0.25) is 14.5 Å². The molecule has 0 aliphatic carbocycles. The first-order valence-electron chi connectivity index (χ1n) is 6.92. The van der Waals surface area contributed by atoms with Gasteiger partial charge in [0.25, 0.3) is 0 Å². The lowest BCUT2D eigenvalue weighted by atomic mass is 9.81. The second-order valence-electron chi connectivity index (χ2n) is 5.33. The Hall–Kier alpha value is -2.37. The van der Waals surface area contributed by atoms with Crippen LogP contribution in [0.15, 0.2) is 29.3 Å². The van der Waals surface area contributed by atoms with Gasteiger partial charge in [0, 0.05) is 12.6 Å². The molecular weight excluding hydrogens is 268 g/mol. The number of hydrogen-bond acceptors (Lipinski definition) is 4. The number of carbonyl (C=O) groups is 2. The Balaban J connectivity index is 2.55. The lowest BCUT2D eigenvalue weighted by Crippen LogP contribution is -2.48. The van der Waals surface area contributed by atoms with E-state index in [-0.39, 0.29) is 18.3 Å². The zero-order valence-electron chi connectivity index (χ0n) is 12.3. The van der Waals surface area contributed by atoms with Crippen molar-refractivity contribution >= 4 is 17.8 Å². The summed E-state index contributed by atoms with van der Waals surface area (Å²) in [5, 5.41) is 0. The molecule has 1 atom stereocenters. The van der Waals surface area contributed by atoms with Crippen LogP contribution in [0.4, 0.5) is 0 Å². The van der Waals surface area contributed by atoms with Crippen LogP contribution in [0.2, 0.25) is 0 Å². The number of aliphatic imine (C=N–C) groups is 1. The SMILES string of the molecule is CCC[C@@]1(c2cccc(C(N)=O)c2)CC(=O)N(C)C(N)=N1. The van der Waals surface area contributed by atoms with Crippen LogP contribution in [-0.4, -0.2) is 29.7 Å². The summed E-state index contributed by atoms with van der Waals surface area (Å²) >= 11 is 0. The Morgan fingerprint density at radius 1 is 1.48 bits per heavy atom. The number of guanidine groups is 1. The average Bonchev–Trinajstić information content (AvgIpc) is 2.45. The highest BCUT2D eigenvalue weighted by molar-refractivity contribution is 5.99. The predicted octanol–water partition coefficient (Wildman–Crippen LogP) is 0.958. The number of benzene rings is 1. The molecule has 1 aromatic rings. The minimum atomic E-state index is -0.714. The van der Waals surface area contributed by atoms with Crippen LogP contribution >= 0.6 is 0 Å². The molecule has 0 radical (unpaired) electrons. The van der Waals surface area contributed by atoms with E-state index in [1.54, 1.807) is 25.2 Å². The van der Waals surface area contributed by atoms with Crippen molar-refractivity contribution in [2.24, 2.45) is 16.5 Å². The molecule has 2 amide bonds. The van der Waals surface area contributed by atoms with E-state index in [0.717, 1.165) is 12.0 Å². The number of rotatable bonds is 4. The van der Waals surface area contributed by atoms with Crippen LogP contribution < -0.4 is 11.5 Å². The van der Waals surface area contributed by atoms with Gasteiger partial charge in [-0.1, -0.05) is 25.5 Å². The minimum Gasteiger partial charge on any atom is -0.369 e. The van der Waals surface area contributed by atoms with Crippen LogP contribution in [0.1, 0.15) is 42.1 Å². The Morgan fingerprint density at radius 2 is 2.19 bits per heavy atom. The average molecular weight is 288 g/mol. The first kappa shape index (κ1) is 15.0. The van der Waals surface area contributed by atoms with Crippen molar-refractivity contribution in [1.29, 1.82) is 0 Å². The van der Waals surface area contributed by atoms with Gasteiger partial charge in [-0.05, 0) is 24.1 Å². The van der Waals surface area contributed by atoms with Gasteiger partial charge in [0.15, 0.2) is 5.96 Å². The predicted molar refractivity (Wildman–Crippen MR) is 80.6 cm³/mol.